The van der Waals surface area contributed by atoms with Gasteiger partial charge in [-0.15, -0.1) is 0 Å². The van der Waals surface area contributed by atoms with E-state index in [0.717, 1.165) is 51.0 Å². The van der Waals surface area contributed by atoms with E-state index < -0.39 is 0 Å². The molecule has 4 aromatic rings. The fourth-order valence-electron chi connectivity index (χ4n) is 4.10. The molecular weight excluding hydrogens is 452 g/mol. The molecule has 0 radical (unpaired) electrons. The normalized spacial score (nSPS) is 11.1. The molecule has 1 aromatic heterocycles. The molecule has 0 bridgehead atoms. The summed E-state index contributed by atoms with van der Waals surface area (Å²) in [5, 5.41) is 4.53. The zero-order chi connectivity index (χ0) is 25.5. The zero-order valence-corrected chi connectivity index (χ0v) is 21.2. The Morgan fingerprint density at radius 2 is 1.86 bits per heavy atom. The van der Waals surface area contributed by atoms with Gasteiger partial charge in [-0.05, 0) is 53.8 Å². The number of esters is 1. The number of furan rings is 1. The van der Waals surface area contributed by atoms with Gasteiger partial charge in [0.25, 0.3) is 0 Å². The molecule has 1 heterocycles. The molecule has 0 amide bonds. The maximum atomic E-state index is 12.0. The molecule has 0 aliphatic rings. The lowest BCUT2D eigenvalue weighted by atomic mass is 9.99. The van der Waals surface area contributed by atoms with Crippen LogP contribution >= 0.6 is 0 Å². The maximum Gasteiger partial charge on any atom is 0.310 e. The van der Waals surface area contributed by atoms with Gasteiger partial charge in [0.2, 0.25) is 0 Å². The largest absolute Gasteiger partial charge is 0.488 e. The van der Waals surface area contributed by atoms with Gasteiger partial charge in [0.15, 0.2) is 5.58 Å². The molecule has 6 heteroatoms. The molecule has 3 N–H and O–H groups in total. The Hall–Kier alpha value is -3.77. The van der Waals surface area contributed by atoms with E-state index in [0.29, 0.717) is 31.4 Å². The number of hydrogen-bond acceptors (Lipinski definition) is 6. The SMILES string of the molecule is CCOC(=O)Cc1ccccc1OCc1coc2c(NCC(C)C)cc(-c3cccc(CN)c3)cc12. The van der Waals surface area contributed by atoms with E-state index in [-0.39, 0.29) is 12.4 Å². The number of fused-ring (bicyclic) bond motifs is 1. The van der Waals surface area contributed by atoms with Gasteiger partial charge in [-0.3, -0.25) is 4.79 Å². The minimum absolute atomic E-state index is 0.168. The highest BCUT2D eigenvalue weighted by Gasteiger charge is 2.16. The van der Waals surface area contributed by atoms with Crippen LogP contribution in [-0.4, -0.2) is 19.1 Å². The Balaban J connectivity index is 1.66. The van der Waals surface area contributed by atoms with E-state index >= 15 is 0 Å². The number of ether oxygens (including phenoxy) is 2. The second-order valence-electron chi connectivity index (χ2n) is 9.22. The van der Waals surface area contributed by atoms with Gasteiger partial charge >= 0.3 is 5.97 Å². The third kappa shape index (κ3) is 6.07. The number of hydrogen-bond donors (Lipinski definition) is 2. The number of benzene rings is 3. The Morgan fingerprint density at radius 1 is 1.03 bits per heavy atom. The third-order valence-corrected chi connectivity index (χ3v) is 5.95. The smallest absolute Gasteiger partial charge is 0.310 e. The van der Waals surface area contributed by atoms with E-state index in [1.54, 1.807) is 13.2 Å². The average molecular weight is 487 g/mol. The third-order valence-electron chi connectivity index (χ3n) is 5.95. The minimum Gasteiger partial charge on any atom is -0.488 e. The summed E-state index contributed by atoms with van der Waals surface area (Å²) in [6, 6.07) is 20.1. The number of carbonyl (C=O) groups is 1. The fourth-order valence-corrected chi connectivity index (χ4v) is 4.10. The molecule has 0 saturated heterocycles. The van der Waals surface area contributed by atoms with Crippen LogP contribution in [0.2, 0.25) is 0 Å². The lowest BCUT2D eigenvalue weighted by molar-refractivity contribution is -0.142. The highest BCUT2D eigenvalue weighted by atomic mass is 16.5. The topological polar surface area (TPSA) is 86.7 Å². The van der Waals surface area contributed by atoms with Crippen LogP contribution in [0.1, 0.15) is 37.5 Å². The van der Waals surface area contributed by atoms with Crippen molar-refractivity contribution in [2.24, 2.45) is 11.7 Å². The second-order valence-corrected chi connectivity index (χ2v) is 9.22. The van der Waals surface area contributed by atoms with Gasteiger partial charge in [-0.25, -0.2) is 0 Å². The number of nitrogens with one attached hydrogen (secondary N) is 1. The molecule has 3 aromatic carbocycles. The van der Waals surface area contributed by atoms with Crippen molar-refractivity contribution in [3.8, 4) is 16.9 Å². The number of anilines is 1. The number of rotatable bonds is 11. The molecule has 4 rings (SSSR count). The van der Waals surface area contributed by atoms with Crippen LogP contribution < -0.4 is 15.8 Å². The second kappa shape index (κ2) is 11.8. The van der Waals surface area contributed by atoms with Crippen LogP contribution in [0.4, 0.5) is 5.69 Å². The fraction of sp³-hybridized carbons (Fsp3) is 0.300. The van der Waals surface area contributed by atoms with Crippen LogP contribution in [0.15, 0.2) is 71.3 Å². The van der Waals surface area contributed by atoms with Crippen molar-refractivity contribution in [3.05, 3.63) is 83.6 Å². The number of para-hydroxylation sites is 1. The van der Waals surface area contributed by atoms with E-state index in [9.17, 15) is 4.79 Å². The van der Waals surface area contributed by atoms with Gasteiger partial charge in [0.1, 0.15) is 12.4 Å². The molecule has 0 fully saturated rings. The van der Waals surface area contributed by atoms with Gasteiger partial charge < -0.3 is 24.9 Å². The van der Waals surface area contributed by atoms with Crippen molar-refractivity contribution >= 4 is 22.6 Å². The summed E-state index contributed by atoms with van der Waals surface area (Å²) < 4.78 is 17.3. The molecule has 0 saturated carbocycles. The first kappa shape index (κ1) is 25.3. The Kier molecular flexibility index (Phi) is 8.28. The minimum atomic E-state index is -0.271. The summed E-state index contributed by atoms with van der Waals surface area (Å²) in [5.41, 5.74) is 12.6. The molecule has 188 valence electrons. The van der Waals surface area contributed by atoms with E-state index in [4.69, 9.17) is 19.6 Å². The summed E-state index contributed by atoms with van der Waals surface area (Å²) in [7, 11) is 0. The van der Waals surface area contributed by atoms with Crippen molar-refractivity contribution in [3.63, 3.8) is 0 Å². The van der Waals surface area contributed by atoms with Gasteiger partial charge in [0.05, 0.1) is 25.0 Å². The Bertz CT molecular complexity index is 1330. The summed E-state index contributed by atoms with van der Waals surface area (Å²) in [6.45, 7) is 8.13. The molecule has 6 nitrogen and oxygen atoms in total. The summed E-state index contributed by atoms with van der Waals surface area (Å²) in [5.74, 6) is 0.871. The van der Waals surface area contributed by atoms with Crippen LogP contribution in [-0.2, 0) is 29.1 Å². The van der Waals surface area contributed by atoms with Crippen molar-refractivity contribution in [1.82, 2.24) is 0 Å². The monoisotopic (exact) mass is 486 g/mol. The standard InChI is InChI=1S/C30H34N2O4/c1-4-34-29(33)15-23-9-5-6-11-28(23)35-18-25-19-36-30-26(25)13-24(14-27(30)32-17-20(2)3)22-10-7-8-21(12-22)16-31/h5-14,19-20,32H,4,15-18,31H2,1-3H3. The lowest BCUT2D eigenvalue weighted by Gasteiger charge is -2.13. The van der Waals surface area contributed by atoms with Crippen LogP contribution in [0.5, 0.6) is 5.75 Å². The van der Waals surface area contributed by atoms with E-state index in [1.165, 1.54) is 0 Å². The van der Waals surface area contributed by atoms with Gasteiger partial charge in [-0.1, -0.05) is 50.2 Å². The molecule has 0 aliphatic heterocycles. The summed E-state index contributed by atoms with van der Waals surface area (Å²) >= 11 is 0. The first-order chi connectivity index (χ1) is 17.5. The highest BCUT2D eigenvalue weighted by Crippen LogP contribution is 2.35. The van der Waals surface area contributed by atoms with E-state index in [1.807, 2.05) is 36.4 Å². The first-order valence-corrected chi connectivity index (χ1v) is 12.4. The van der Waals surface area contributed by atoms with Crippen molar-refractivity contribution in [2.45, 2.75) is 40.3 Å². The Labute approximate surface area is 212 Å². The molecule has 0 spiro atoms. The molecule has 0 unspecified atom stereocenters. The quantitative estimate of drug-likeness (QED) is 0.242. The Morgan fingerprint density at radius 3 is 2.64 bits per heavy atom. The summed E-state index contributed by atoms with van der Waals surface area (Å²) in [6.07, 6.45) is 1.92. The predicted molar refractivity (Wildman–Crippen MR) is 144 cm³/mol. The average Bonchev–Trinajstić information content (AvgIpc) is 3.30. The van der Waals surface area contributed by atoms with Crippen LogP contribution in [0.3, 0.4) is 0 Å². The molecule has 36 heavy (non-hydrogen) atoms. The number of carbonyl (C=O) groups excluding carboxylic acids is 1. The van der Waals surface area contributed by atoms with Crippen molar-refractivity contribution < 1.29 is 18.7 Å². The van der Waals surface area contributed by atoms with Crippen LogP contribution in [0, 0.1) is 5.92 Å². The van der Waals surface area contributed by atoms with Crippen LogP contribution in [0.25, 0.3) is 22.1 Å². The van der Waals surface area contributed by atoms with E-state index in [2.05, 4.69) is 43.4 Å². The lowest BCUT2D eigenvalue weighted by Crippen LogP contribution is -2.09. The maximum absolute atomic E-state index is 12.0. The molecular formula is C30H34N2O4. The molecule has 0 atom stereocenters. The highest BCUT2D eigenvalue weighted by molar-refractivity contribution is 5.96. The molecule has 0 aliphatic carbocycles. The first-order valence-electron chi connectivity index (χ1n) is 12.4. The van der Waals surface area contributed by atoms with Gasteiger partial charge in [0, 0.05) is 29.6 Å². The van der Waals surface area contributed by atoms with Gasteiger partial charge in [-0.2, -0.15) is 0 Å². The number of nitrogens with two attached hydrogens (primary N) is 1. The van der Waals surface area contributed by atoms with Crippen molar-refractivity contribution in [2.75, 3.05) is 18.5 Å². The predicted octanol–water partition coefficient (Wildman–Crippen LogP) is 6.31. The zero-order valence-electron chi connectivity index (χ0n) is 21.2. The summed E-state index contributed by atoms with van der Waals surface area (Å²) in [4.78, 5) is 12.0. The van der Waals surface area contributed by atoms with Crippen molar-refractivity contribution in [1.29, 1.82) is 0 Å².